The Morgan fingerprint density at radius 3 is 2.79 bits per heavy atom. The van der Waals surface area contributed by atoms with Gasteiger partial charge < -0.3 is 5.11 Å². The second kappa shape index (κ2) is 4.63. The van der Waals surface area contributed by atoms with Gasteiger partial charge in [-0.3, -0.25) is 4.79 Å². The van der Waals surface area contributed by atoms with Crippen LogP contribution in [-0.4, -0.2) is 21.9 Å². The molecule has 0 aromatic carbocycles. The molecule has 0 saturated heterocycles. The minimum atomic E-state index is -1.25. The van der Waals surface area contributed by atoms with E-state index in [1.165, 1.54) is 0 Å². The fourth-order valence-corrected chi connectivity index (χ4v) is 2.58. The van der Waals surface area contributed by atoms with Gasteiger partial charge in [0.05, 0.1) is 5.38 Å². The van der Waals surface area contributed by atoms with E-state index in [-0.39, 0.29) is 5.78 Å². The van der Waals surface area contributed by atoms with Gasteiger partial charge in [0, 0.05) is 6.42 Å². The number of carbonyl (C=O) groups excluding carboxylic acids is 1. The van der Waals surface area contributed by atoms with Gasteiger partial charge in [-0.25, -0.2) is 0 Å². The average molecular weight is 219 g/mol. The number of Topliss-reactive ketones (excluding diaryl/α,β-unsaturated/α-hetero) is 1. The SMILES string of the molecule is CCCC(=O)C1(O)CCC(C)CC1Cl. The molecule has 0 aromatic rings. The van der Waals surface area contributed by atoms with Gasteiger partial charge in [-0.15, -0.1) is 11.6 Å². The van der Waals surface area contributed by atoms with Crippen LogP contribution in [0.15, 0.2) is 0 Å². The first kappa shape index (κ1) is 12.0. The molecule has 0 bridgehead atoms. The maximum atomic E-state index is 11.7. The van der Waals surface area contributed by atoms with Crippen LogP contribution in [-0.2, 0) is 4.79 Å². The highest BCUT2D eigenvalue weighted by atomic mass is 35.5. The zero-order valence-electron chi connectivity index (χ0n) is 8.92. The van der Waals surface area contributed by atoms with E-state index in [9.17, 15) is 9.90 Å². The highest BCUT2D eigenvalue weighted by Gasteiger charge is 2.45. The quantitative estimate of drug-likeness (QED) is 0.740. The zero-order valence-corrected chi connectivity index (χ0v) is 9.68. The summed E-state index contributed by atoms with van der Waals surface area (Å²) in [7, 11) is 0. The van der Waals surface area contributed by atoms with Gasteiger partial charge >= 0.3 is 0 Å². The summed E-state index contributed by atoms with van der Waals surface area (Å²) in [6.45, 7) is 4.05. The van der Waals surface area contributed by atoms with E-state index in [4.69, 9.17) is 11.6 Å². The summed E-state index contributed by atoms with van der Waals surface area (Å²) >= 11 is 6.08. The molecule has 0 aromatic heterocycles. The Morgan fingerprint density at radius 1 is 1.64 bits per heavy atom. The zero-order chi connectivity index (χ0) is 10.8. The molecule has 0 radical (unpaired) electrons. The lowest BCUT2D eigenvalue weighted by atomic mass is 9.76. The molecule has 14 heavy (non-hydrogen) atoms. The third kappa shape index (κ3) is 2.29. The van der Waals surface area contributed by atoms with Crippen molar-refractivity contribution < 1.29 is 9.90 Å². The molecule has 3 unspecified atom stereocenters. The van der Waals surface area contributed by atoms with E-state index in [1.807, 2.05) is 6.92 Å². The first-order valence-corrected chi connectivity index (χ1v) is 5.84. The highest BCUT2D eigenvalue weighted by Crippen LogP contribution is 2.37. The molecule has 2 nitrogen and oxygen atoms in total. The van der Waals surface area contributed by atoms with Crippen molar-refractivity contribution in [2.75, 3.05) is 0 Å². The molecule has 1 aliphatic rings. The number of halogens is 1. The molecule has 3 heteroatoms. The van der Waals surface area contributed by atoms with Crippen LogP contribution in [0.5, 0.6) is 0 Å². The lowest BCUT2D eigenvalue weighted by Crippen LogP contribution is -2.50. The average Bonchev–Trinajstić information content (AvgIpc) is 2.12. The Morgan fingerprint density at radius 2 is 2.29 bits per heavy atom. The van der Waals surface area contributed by atoms with E-state index in [1.54, 1.807) is 0 Å². The Hall–Kier alpha value is -0.0800. The molecule has 1 saturated carbocycles. The Balaban J connectivity index is 2.68. The van der Waals surface area contributed by atoms with Gasteiger partial charge in [0.2, 0.25) is 0 Å². The lowest BCUT2D eigenvalue weighted by Gasteiger charge is -2.37. The third-order valence-corrected chi connectivity index (χ3v) is 3.64. The first-order chi connectivity index (χ1) is 6.50. The van der Waals surface area contributed by atoms with Crippen molar-refractivity contribution in [3.8, 4) is 0 Å². The summed E-state index contributed by atoms with van der Waals surface area (Å²) < 4.78 is 0. The second-order valence-corrected chi connectivity index (χ2v) is 4.97. The van der Waals surface area contributed by atoms with Gasteiger partial charge in [-0.05, 0) is 31.6 Å². The minimum Gasteiger partial charge on any atom is -0.381 e. The summed E-state index contributed by atoms with van der Waals surface area (Å²) in [4.78, 5) is 11.7. The molecule has 1 N–H and O–H groups in total. The largest absolute Gasteiger partial charge is 0.381 e. The molecule has 3 atom stereocenters. The predicted octanol–water partition coefficient (Wildman–Crippen LogP) is 2.51. The van der Waals surface area contributed by atoms with Crippen molar-refractivity contribution in [2.24, 2.45) is 5.92 Å². The summed E-state index contributed by atoms with van der Waals surface area (Å²) in [5, 5.41) is 9.78. The number of alkyl halides is 1. The molecule has 0 heterocycles. The van der Waals surface area contributed by atoms with Crippen LogP contribution in [0, 0.1) is 5.92 Å². The van der Waals surface area contributed by atoms with Gasteiger partial charge in [0.25, 0.3) is 0 Å². The monoisotopic (exact) mass is 218 g/mol. The van der Waals surface area contributed by atoms with Crippen molar-refractivity contribution in [1.82, 2.24) is 0 Å². The van der Waals surface area contributed by atoms with Crippen molar-refractivity contribution in [3.63, 3.8) is 0 Å². The minimum absolute atomic E-state index is 0.0769. The number of hydrogen-bond acceptors (Lipinski definition) is 2. The van der Waals surface area contributed by atoms with E-state index in [0.29, 0.717) is 18.8 Å². The highest BCUT2D eigenvalue weighted by molar-refractivity contribution is 6.23. The van der Waals surface area contributed by atoms with Gasteiger partial charge in [0.1, 0.15) is 5.60 Å². The predicted molar refractivity (Wildman–Crippen MR) is 57.5 cm³/mol. The Labute approximate surface area is 90.6 Å². The molecule has 1 fully saturated rings. The summed E-state index contributed by atoms with van der Waals surface area (Å²) in [5.41, 5.74) is -1.25. The molecule has 0 amide bonds. The van der Waals surface area contributed by atoms with Crippen LogP contribution in [0.2, 0.25) is 0 Å². The van der Waals surface area contributed by atoms with E-state index in [0.717, 1.165) is 19.3 Å². The van der Waals surface area contributed by atoms with Crippen molar-refractivity contribution >= 4 is 17.4 Å². The standard InChI is InChI=1S/C11H19ClO2/c1-3-4-10(13)11(14)6-5-8(2)7-9(11)12/h8-9,14H,3-7H2,1-2H3. The Bertz CT molecular complexity index is 217. The molecule has 1 rings (SSSR count). The first-order valence-electron chi connectivity index (χ1n) is 5.40. The fourth-order valence-electron chi connectivity index (χ4n) is 2.05. The smallest absolute Gasteiger partial charge is 0.165 e. The number of hydrogen-bond donors (Lipinski definition) is 1. The van der Waals surface area contributed by atoms with Crippen LogP contribution in [0.25, 0.3) is 0 Å². The van der Waals surface area contributed by atoms with E-state index in [2.05, 4.69) is 6.92 Å². The number of carbonyl (C=O) groups is 1. The van der Waals surface area contributed by atoms with Crippen molar-refractivity contribution in [3.05, 3.63) is 0 Å². The molecular weight excluding hydrogens is 200 g/mol. The van der Waals surface area contributed by atoms with Crippen molar-refractivity contribution in [1.29, 1.82) is 0 Å². The number of ketones is 1. The molecule has 0 aliphatic heterocycles. The molecule has 0 spiro atoms. The summed E-state index contributed by atoms with van der Waals surface area (Å²) in [6.07, 6.45) is 3.39. The Kier molecular flexibility index (Phi) is 3.96. The fraction of sp³-hybridized carbons (Fsp3) is 0.909. The van der Waals surface area contributed by atoms with Crippen LogP contribution >= 0.6 is 11.6 Å². The normalized spacial score (nSPS) is 38.3. The number of rotatable bonds is 3. The number of aliphatic hydroxyl groups is 1. The maximum Gasteiger partial charge on any atom is 0.165 e. The summed E-state index contributed by atoms with van der Waals surface area (Å²) in [5.74, 6) is 0.444. The van der Waals surface area contributed by atoms with E-state index >= 15 is 0 Å². The van der Waals surface area contributed by atoms with Crippen molar-refractivity contribution in [2.45, 2.75) is 56.9 Å². The maximum absolute atomic E-state index is 11.7. The second-order valence-electron chi connectivity index (χ2n) is 4.44. The summed E-state index contributed by atoms with van der Waals surface area (Å²) in [6, 6.07) is 0. The third-order valence-electron chi connectivity index (χ3n) is 3.11. The van der Waals surface area contributed by atoms with E-state index < -0.39 is 11.0 Å². The topological polar surface area (TPSA) is 37.3 Å². The van der Waals surface area contributed by atoms with Crippen LogP contribution in [0.3, 0.4) is 0 Å². The molecule has 82 valence electrons. The lowest BCUT2D eigenvalue weighted by molar-refractivity contribution is -0.140. The van der Waals surface area contributed by atoms with Gasteiger partial charge in [0.15, 0.2) is 5.78 Å². The van der Waals surface area contributed by atoms with Crippen LogP contribution < -0.4 is 0 Å². The van der Waals surface area contributed by atoms with Crippen LogP contribution in [0.4, 0.5) is 0 Å². The van der Waals surface area contributed by atoms with Gasteiger partial charge in [-0.2, -0.15) is 0 Å². The molecular formula is C11H19ClO2. The molecule has 1 aliphatic carbocycles. The van der Waals surface area contributed by atoms with Gasteiger partial charge in [-0.1, -0.05) is 13.8 Å². The van der Waals surface area contributed by atoms with Crippen LogP contribution in [0.1, 0.15) is 46.0 Å².